The Morgan fingerprint density at radius 2 is 1.00 bits per heavy atom. The standard InChI is InChI=1S/B.Fe.H3P.H4Si/h;;1H3;1H4. The van der Waals surface area contributed by atoms with E-state index in [2.05, 4.69) is 0 Å². The minimum absolute atomic E-state index is 0. The molecule has 1 atom stereocenters. The normalized spacial score (nSPS) is 0. The molecule has 0 spiro atoms. The van der Waals surface area contributed by atoms with Crippen molar-refractivity contribution in [1.29, 1.82) is 0 Å². The van der Waals surface area contributed by atoms with E-state index in [1.54, 1.807) is 0 Å². The first kappa shape index (κ1) is 61.8. The van der Waals surface area contributed by atoms with Gasteiger partial charge in [0.2, 0.25) is 0 Å². The SMILES string of the molecule is P.[B].[Fe].[SiH4]. The monoisotopic (exact) mass is 133 g/mol. The van der Waals surface area contributed by atoms with Gasteiger partial charge in [-0.05, 0) is 11.0 Å². The Balaban J connectivity index is 0. The molecule has 4 heavy (non-hydrogen) atoms. The summed E-state index contributed by atoms with van der Waals surface area (Å²) in [6, 6.07) is 0. The van der Waals surface area contributed by atoms with Crippen LogP contribution in [-0.4, -0.2) is 19.4 Å². The van der Waals surface area contributed by atoms with Gasteiger partial charge in [-0.15, -0.1) is 0 Å². The summed E-state index contributed by atoms with van der Waals surface area (Å²) in [6.45, 7) is 0. The second-order valence-corrected chi connectivity index (χ2v) is 0. The molecular formula is H7BFePSi. The van der Waals surface area contributed by atoms with Gasteiger partial charge in [0.1, 0.15) is 0 Å². The van der Waals surface area contributed by atoms with Gasteiger partial charge in [0, 0.05) is 25.5 Å². The summed E-state index contributed by atoms with van der Waals surface area (Å²) >= 11 is 0. The van der Waals surface area contributed by atoms with E-state index in [0.717, 1.165) is 0 Å². The predicted octanol–water partition coefficient (Wildman–Crippen LogP) is -1.78. The molecule has 0 saturated heterocycles. The molecule has 0 aromatic heterocycles. The number of rotatable bonds is 0. The zero-order chi connectivity index (χ0) is 0. The summed E-state index contributed by atoms with van der Waals surface area (Å²) in [5.41, 5.74) is 0. The van der Waals surface area contributed by atoms with Gasteiger partial charge < -0.3 is 0 Å². The summed E-state index contributed by atoms with van der Waals surface area (Å²) in [4.78, 5) is 0. The Morgan fingerprint density at radius 1 is 1.00 bits per heavy atom. The van der Waals surface area contributed by atoms with Gasteiger partial charge in [-0.2, -0.15) is 9.90 Å². The molecule has 0 heterocycles. The van der Waals surface area contributed by atoms with E-state index in [1.807, 2.05) is 0 Å². The van der Waals surface area contributed by atoms with Crippen molar-refractivity contribution in [2.24, 2.45) is 0 Å². The Labute approximate surface area is 46.8 Å². The number of hydrogen-bond donors (Lipinski definition) is 0. The van der Waals surface area contributed by atoms with Crippen LogP contribution in [0.3, 0.4) is 0 Å². The first-order valence-electron chi connectivity index (χ1n) is 0. The Bertz CT molecular complexity index is 8.00. The molecule has 0 aliphatic rings. The van der Waals surface area contributed by atoms with E-state index in [4.69, 9.17) is 0 Å². The summed E-state index contributed by atoms with van der Waals surface area (Å²) in [7, 11) is 0. The first-order chi connectivity index (χ1) is 0. The maximum Gasteiger partial charge on any atom is 0 e. The van der Waals surface area contributed by atoms with Crippen LogP contribution in [0.15, 0.2) is 0 Å². The van der Waals surface area contributed by atoms with Gasteiger partial charge in [0.05, 0.1) is 0 Å². The zero-order valence-corrected chi connectivity index (χ0v) is 4.16. The van der Waals surface area contributed by atoms with Crippen LogP contribution in [-0.2, 0) is 17.1 Å². The molecule has 0 rings (SSSR count). The van der Waals surface area contributed by atoms with E-state index in [0.29, 0.717) is 0 Å². The fraction of sp³-hybridized carbons (Fsp3) is 0. The largest absolute Gasteiger partial charge is 0.153 e. The van der Waals surface area contributed by atoms with E-state index in [9.17, 15) is 0 Å². The summed E-state index contributed by atoms with van der Waals surface area (Å²) in [6.07, 6.45) is 0. The van der Waals surface area contributed by atoms with Crippen molar-refractivity contribution in [2.75, 3.05) is 0 Å². The predicted molar refractivity (Wildman–Crippen MR) is 28.2 cm³/mol. The molecule has 0 saturated carbocycles. The van der Waals surface area contributed by atoms with E-state index >= 15 is 0 Å². The maximum atomic E-state index is 0. The molecule has 27 valence electrons. The van der Waals surface area contributed by atoms with Crippen molar-refractivity contribution in [2.45, 2.75) is 0 Å². The number of hydrogen-bond acceptors (Lipinski definition) is 0. The molecule has 0 aromatic carbocycles. The fourth-order valence-electron chi connectivity index (χ4n) is 0. The topological polar surface area (TPSA) is 0 Å². The maximum absolute atomic E-state index is 0. The quantitative estimate of drug-likeness (QED) is 0.270. The van der Waals surface area contributed by atoms with Gasteiger partial charge in [-0.1, -0.05) is 0 Å². The van der Waals surface area contributed by atoms with Crippen LogP contribution in [0.25, 0.3) is 0 Å². The van der Waals surface area contributed by atoms with Crippen LogP contribution in [0.4, 0.5) is 0 Å². The Hall–Kier alpha value is 1.23. The second-order valence-electron chi connectivity index (χ2n) is 0. The van der Waals surface area contributed by atoms with Crippen LogP contribution in [0.1, 0.15) is 0 Å². The summed E-state index contributed by atoms with van der Waals surface area (Å²) in [5, 5.41) is 0. The van der Waals surface area contributed by atoms with Gasteiger partial charge >= 0.3 is 0 Å². The average molecular weight is 133 g/mol. The van der Waals surface area contributed by atoms with Crippen LogP contribution in [0, 0.1) is 0 Å². The summed E-state index contributed by atoms with van der Waals surface area (Å²) < 4.78 is 0. The molecule has 0 fully saturated rings. The molecule has 4 heteroatoms. The molecule has 0 N–H and O–H groups in total. The van der Waals surface area contributed by atoms with Gasteiger partial charge in [0.25, 0.3) is 0 Å². The first-order valence-corrected chi connectivity index (χ1v) is 0. The van der Waals surface area contributed by atoms with Crippen molar-refractivity contribution in [1.82, 2.24) is 0 Å². The minimum atomic E-state index is 0. The Kier molecular flexibility index (Phi) is 450. The molecule has 3 radical (unpaired) electrons. The zero-order valence-electron chi connectivity index (χ0n) is 1.64. The second kappa shape index (κ2) is 29.1. The molecule has 0 aliphatic heterocycles. The molecular weight excluding hydrogens is 126 g/mol. The third-order valence-corrected chi connectivity index (χ3v) is 0. The van der Waals surface area contributed by atoms with Crippen LogP contribution in [0.5, 0.6) is 0 Å². The average Bonchev–Trinajstić information content (AvgIpc) is 0. The summed E-state index contributed by atoms with van der Waals surface area (Å²) in [5.74, 6) is 0. The van der Waals surface area contributed by atoms with E-state index in [-0.39, 0.29) is 46.3 Å². The van der Waals surface area contributed by atoms with E-state index < -0.39 is 0 Å². The van der Waals surface area contributed by atoms with Crippen LogP contribution >= 0.6 is 9.90 Å². The van der Waals surface area contributed by atoms with Crippen molar-refractivity contribution in [3.63, 3.8) is 0 Å². The molecule has 1 unspecified atom stereocenters. The van der Waals surface area contributed by atoms with Gasteiger partial charge in [-0.25, -0.2) is 0 Å². The van der Waals surface area contributed by atoms with Crippen molar-refractivity contribution in [3.8, 4) is 0 Å². The Morgan fingerprint density at radius 3 is 1.00 bits per heavy atom. The third kappa shape index (κ3) is 10.6. The molecule has 0 bridgehead atoms. The minimum Gasteiger partial charge on any atom is -0.153 e. The molecule has 0 aromatic rings. The molecule has 0 nitrogen and oxygen atoms in total. The van der Waals surface area contributed by atoms with Crippen LogP contribution in [0.2, 0.25) is 0 Å². The van der Waals surface area contributed by atoms with E-state index in [1.165, 1.54) is 0 Å². The van der Waals surface area contributed by atoms with Crippen molar-refractivity contribution >= 4 is 29.3 Å². The smallest absolute Gasteiger partial charge is 0 e. The van der Waals surface area contributed by atoms with Crippen LogP contribution < -0.4 is 0 Å². The van der Waals surface area contributed by atoms with Crippen molar-refractivity contribution < 1.29 is 17.1 Å². The molecule has 0 aliphatic carbocycles. The fourth-order valence-corrected chi connectivity index (χ4v) is 0. The van der Waals surface area contributed by atoms with Gasteiger partial charge in [-0.3, -0.25) is 0 Å². The molecule has 0 amide bonds. The third-order valence-electron chi connectivity index (χ3n) is 0. The van der Waals surface area contributed by atoms with Crippen molar-refractivity contribution in [3.05, 3.63) is 0 Å². The van der Waals surface area contributed by atoms with Gasteiger partial charge in [0.15, 0.2) is 0 Å².